The van der Waals surface area contributed by atoms with E-state index in [-0.39, 0.29) is 0 Å². The van der Waals surface area contributed by atoms with Crippen molar-refractivity contribution in [3.05, 3.63) is 22.4 Å². The quantitative estimate of drug-likeness (QED) is 0.788. The molecule has 1 aromatic rings. The van der Waals surface area contributed by atoms with Gasteiger partial charge >= 0.3 is 0 Å². The maximum Gasteiger partial charge on any atom is 0.0561 e. The van der Waals surface area contributed by atoms with Crippen LogP contribution in [0.1, 0.15) is 37.6 Å². The predicted octanol–water partition coefficient (Wildman–Crippen LogP) is 3.13. The van der Waals surface area contributed by atoms with Crippen LogP contribution < -0.4 is 5.32 Å². The van der Waals surface area contributed by atoms with Crippen molar-refractivity contribution in [2.45, 2.75) is 38.8 Å². The van der Waals surface area contributed by atoms with Gasteiger partial charge in [-0.25, -0.2) is 0 Å². The minimum absolute atomic E-state index is 0.499. The fraction of sp³-hybridized carbons (Fsp3) is 0.692. The third-order valence-electron chi connectivity index (χ3n) is 2.88. The first-order valence-corrected chi connectivity index (χ1v) is 6.96. The number of likely N-dealkylation sites (N-methyl/N-ethyl adjacent to an activating group) is 1. The molecule has 0 aliphatic rings. The second-order valence-corrected chi connectivity index (χ2v) is 5.57. The molecule has 0 radical (unpaired) electrons. The standard InChI is InChI=1S/C13H24N2S/c1-5-7-11(2)14-10-12(15(3)4)13-8-6-9-16-13/h6,8-9,11-12,14H,5,7,10H2,1-4H3. The molecule has 2 atom stereocenters. The number of thiophene rings is 1. The van der Waals surface area contributed by atoms with E-state index in [1.54, 1.807) is 0 Å². The lowest BCUT2D eigenvalue weighted by Crippen LogP contribution is -2.35. The summed E-state index contributed by atoms with van der Waals surface area (Å²) in [4.78, 5) is 3.73. The Hall–Kier alpha value is -0.380. The van der Waals surface area contributed by atoms with Crippen molar-refractivity contribution in [3.8, 4) is 0 Å². The lowest BCUT2D eigenvalue weighted by Gasteiger charge is -2.25. The van der Waals surface area contributed by atoms with E-state index in [4.69, 9.17) is 0 Å². The smallest absolute Gasteiger partial charge is 0.0561 e. The fourth-order valence-electron chi connectivity index (χ4n) is 1.87. The molecule has 0 bridgehead atoms. The number of hydrogen-bond donors (Lipinski definition) is 1. The van der Waals surface area contributed by atoms with E-state index in [9.17, 15) is 0 Å². The van der Waals surface area contributed by atoms with Crippen LogP contribution in [0.2, 0.25) is 0 Å². The minimum Gasteiger partial charge on any atom is -0.312 e. The summed E-state index contributed by atoms with van der Waals surface area (Å²) in [5.41, 5.74) is 0. The predicted molar refractivity (Wildman–Crippen MR) is 73.1 cm³/mol. The molecule has 1 aromatic heterocycles. The molecule has 0 saturated carbocycles. The molecule has 1 rings (SSSR count). The van der Waals surface area contributed by atoms with E-state index < -0.39 is 0 Å². The molecular formula is C13H24N2S. The summed E-state index contributed by atoms with van der Waals surface area (Å²) in [6.07, 6.45) is 2.50. The maximum absolute atomic E-state index is 3.62. The van der Waals surface area contributed by atoms with Gasteiger partial charge in [0, 0.05) is 17.5 Å². The topological polar surface area (TPSA) is 15.3 Å². The molecular weight excluding hydrogens is 216 g/mol. The summed E-state index contributed by atoms with van der Waals surface area (Å²) in [6, 6.07) is 5.47. The van der Waals surface area contributed by atoms with Crippen LogP contribution in [0.15, 0.2) is 17.5 Å². The SMILES string of the molecule is CCCC(C)NCC(c1cccs1)N(C)C. The van der Waals surface area contributed by atoms with Crippen LogP contribution in [0.5, 0.6) is 0 Å². The Balaban J connectivity index is 2.47. The summed E-state index contributed by atoms with van der Waals surface area (Å²) in [7, 11) is 4.30. The molecule has 2 unspecified atom stereocenters. The highest BCUT2D eigenvalue weighted by atomic mass is 32.1. The Morgan fingerprint density at radius 3 is 2.69 bits per heavy atom. The van der Waals surface area contributed by atoms with E-state index >= 15 is 0 Å². The van der Waals surface area contributed by atoms with Gasteiger partial charge in [-0.2, -0.15) is 0 Å². The van der Waals surface area contributed by atoms with Crippen LogP contribution in [0.4, 0.5) is 0 Å². The van der Waals surface area contributed by atoms with Gasteiger partial charge in [0.1, 0.15) is 0 Å². The molecule has 0 aromatic carbocycles. The zero-order valence-electron chi connectivity index (χ0n) is 10.9. The zero-order valence-corrected chi connectivity index (χ0v) is 11.7. The molecule has 92 valence electrons. The summed E-state index contributed by atoms with van der Waals surface area (Å²) >= 11 is 1.84. The van der Waals surface area contributed by atoms with E-state index in [1.807, 2.05) is 11.3 Å². The van der Waals surface area contributed by atoms with Gasteiger partial charge in [0.2, 0.25) is 0 Å². The number of rotatable bonds is 7. The minimum atomic E-state index is 0.499. The van der Waals surface area contributed by atoms with Crippen LogP contribution in [0.3, 0.4) is 0 Å². The molecule has 0 fully saturated rings. The molecule has 1 N–H and O–H groups in total. The highest BCUT2D eigenvalue weighted by molar-refractivity contribution is 7.10. The van der Waals surface area contributed by atoms with Crippen LogP contribution in [0, 0.1) is 0 Å². The van der Waals surface area contributed by atoms with Crippen LogP contribution >= 0.6 is 11.3 Å². The van der Waals surface area contributed by atoms with Crippen molar-refractivity contribution in [1.29, 1.82) is 0 Å². The zero-order chi connectivity index (χ0) is 12.0. The largest absolute Gasteiger partial charge is 0.312 e. The van der Waals surface area contributed by atoms with Gasteiger partial charge in [0.05, 0.1) is 6.04 Å². The molecule has 3 heteroatoms. The molecule has 16 heavy (non-hydrogen) atoms. The summed E-state index contributed by atoms with van der Waals surface area (Å²) in [5.74, 6) is 0. The molecule has 0 aliphatic heterocycles. The lowest BCUT2D eigenvalue weighted by molar-refractivity contribution is 0.283. The van der Waals surface area contributed by atoms with E-state index in [2.05, 4.69) is 55.7 Å². The van der Waals surface area contributed by atoms with Gasteiger partial charge < -0.3 is 10.2 Å². The highest BCUT2D eigenvalue weighted by Crippen LogP contribution is 2.22. The Morgan fingerprint density at radius 1 is 1.44 bits per heavy atom. The summed E-state index contributed by atoms with van der Waals surface area (Å²) in [5, 5.41) is 5.77. The third kappa shape index (κ3) is 4.24. The third-order valence-corrected chi connectivity index (χ3v) is 3.85. The van der Waals surface area contributed by atoms with Crippen molar-refractivity contribution in [2.24, 2.45) is 0 Å². The highest BCUT2D eigenvalue weighted by Gasteiger charge is 2.15. The lowest BCUT2D eigenvalue weighted by atomic mass is 10.1. The van der Waals surface area contributed by atoms with E-state index in [0.717, 1.165) is 6.54 Å². The Bertz CT molecular complexity index is 269. The first-order valence-electron chi connectivity index (χ1n) is 6.08. The van der Waals surface area contributed by atoms with Crippen molar-refractivity contribution in [2.75, 3.05) is 20.6 Å². The average molecular weight is 240 g/mol. The Labute approximate surface area is 104 Å². The van der Waals surface area contributed by atoms with Crippen LogP contribution in [-0.2, 0) is 0 Å². The Kier molecular flexibility index (Phi) is 6.03. The molecule has 1 heterocycles. The second kappa shape index (κ2) is 7.05. The van der Waals surface area contributed by atoms with Crippen molar-refractivity contribution in [3.63, 3.8) is 0 Å². The van der Waals surface area contributed by atoms with E-state index in [1.165, 1.54) is 17.7 Å². The number of nitrogens with zero attached hydrogens (tertiary/aromatic N) is 1. The average Bonchev–Trinajstić information content (AvgIpc) is 2.71. The molecule has 0 saturated heterocycles. The Morgan fingerprint density at radius 2 is 2.19 bits per heavy atom. The van der Waals surface area contributed by atoms with Gasteiger partial charge in [-0.05, 0) is 38.9 Å². The van der Waals surface area contributed by atoms with Crippen molar-refractivity contribution in [1.82, 2.24) is 10.2 Å². The monoisotopic (exact) mass is 240 g/mol. The molecule has 0 amide bonds. The van der Waals surface area contributed by atoms with Gasteiger partial charge in [0.15, 0.2) is 0 Å². The first kappa shape index (κ1) is 13.7. The maximum atomic E-state index is 3.62. The molecule has 2 nitrogen and oxygen atoms in total. The van der Waals surface area contributed by atoms with E-state index in [0.29, 0.717) is 12.1 Å². The number of hydrogen-bond acceptors (Lipinski definition) is 3. The van der Waals surface area contributed by atoms with Crippen molar-refractivity contribution < 1.29 is 0 Å². The van der Waals surface area contributed by atoms with Gasteiger partial charge in [-0.1, -0.05) is 19.4 Å². The van der Waals surface area contributed by atoms with Gasteiger partial charge in [-0.15, -0.1) is 11.3 Å². The van der Waals surface area contributed by atoms with Gasteiger partial charge in [-0.3, -0.25) is 0 Å². The fourth-order valence-corrected chi connectivity index (χ4v) is 2.79. The second-order valence-electron chi connectivity index (χ2n) is 4.59. The molecule has 0 aliphatic carbocycles. The van der Waals surface area contributed by atoms with Crippen LogP contribution in [0.25, 0.3) is 0 Å². The summed E-state index contributed by atoms with van der Waals surface area (Å²) < 4.78 is 0. The normalized spacial score (nSPS) is 15.3. The van der Waals surface area contributed by atoms with Gasteiger partial charge in [0.25, 0.3) is 0 Å². The van der Waals surface area contributed by atoms with Crippen LogP contribution in [-0.4, -0.2) is 31.6 Å². The number of nitrogens with one attached hydrogen (secondary N) is 1. The van der Waals surface area contributed by atoms with Crippen molar-refractivity contribution >= 4 is 11.3 Å². The summed E-state index contributed by atoms with van der Waals surface area (Å²) in [6.45, 7) is 5.54. The molecule has 0 spiro atoms. The first-order chi connectivity index (χ1) is 7.65.